The molecule has 1 aliphatic rings. The number of nitro benzene ring substituents is 1. The number of nitrogens with two attached hydrogens (primary N) is 1. The highest BCUT2D eigenvalue weighted by atomic mass is 16.6. The van der Waals surface area contributed by atoms with E-state index in [1.807, 2.05) is 0 Å². The number of carbonyl (C=O) groups is 1. The molecular weight excluding hydrogens is 260 g/mol. The average Bonchev–Trinajstić information content (AvgIpc) is 2.45. The highest BCUT2D eigenvalue weighted by Gasteiger charge is 2.16. The number of benzene rings is 1. The van der Waals surface area contributed by atoms with Crippen LogP contribution in [0.5, 0.6) is 0 Å². The second kappa shape index (κ2) is 6.16. The van der Waals surface area contributed by atoms with Gasteiger partial charge >= 0.3 is 0 Å². The fourth-order valence-electron chi connectivity index (χ4n) is 2.03. The first-order valence-corrected chi connectivity index (χ1v) is 6.28. The van der Waals surface area contributed by atoms with Crippen molar-refractivity contribution in [2.45, 2.75) is 6.42 Å². The third kappa shape index (κ3) is 3.33. The van der Waals surface area contributed by atoms with Crippen molar-refractivity contribution in [3.63, 3.8) is 0 Å². The van der Waals surface area contributed by atoms with Crippen LogP contribution in [0.2, 0.25) is 0 Å². The molecule has 2 rings (SSSR count). The zero-order chi connectivity index (χ0) is 14.5. The van der Waals surface area contributed by atoms with Crippen LogP contribution in [-0.2, 0) is 0 Å². The molecule has 0 fully saturated rings. The minimum atomic E-state index is -0.607. The number of hydrogen-bond acceptors (Lipinski definition) is 5. The monoisotopic (exact) mass is 276 g/mol. The highest BCUT2D eigenvalue weighted by molar-refractivity contribution is 5.94. The van der Waals surface area contributed by atoms with Crippen molar-refractivity contribution in [3.05, 3.63) is 45.5 Å². The van der Waals surface area contributed by atoms with E-state index >= 15 is 0 Å². The normalized spacial score (nSPS) is 14.5. The van der Waals surface area contributed by atoms with Crippen LogP contribution in [0, 0.1) is 10.1 Å². The number of carbonyl (C=O) groups excluding carboxylic acids is 1. The molecule has 0 radical (unpaired) electrons. The van der Waals surface area contributed by atoms with Gasteiger partial charge in [0.05, 0.1) is 4.92 Å². The molecule has 0 spiro atoms. The Morgan fingerprint density at radius 3 is 2.90 bits per heavy atom. The minimum Gasteiger partial charge on any atom is -0.376 e. The van der Waals surface area contributed by atoms with Crippen LogP contribution >= 0.6 is 0 Å². The Morgan fingerprint density at radius 1 is 1.50 bits per heavy atom. The average molecular weight is 276 g/mol. The van der Waals surface area contributed by atoms with E-state index in [1.54, 1.807) is 0 Å². The van der Waals surface area contributed by atoms with Crippen LogP contribution in [0.4, 0.5) is 11.4 Å². The van der Waals surface area contributed by atoms with E-state index in [0.717, 1.165) is 19.5 Å². The summed E-state index contributed by atoms with van der Waals surface area (Å²) < 4.78 is 0. The summed E-state index contributed by atoms with van der Waals surface area (Å²) in [6.45, 7) is 2.22. The predicted molar refractivity (Wildman–Crippen MR) is 75.7 cm³/mol. The van der Waals surface area contributed by atoms with Crippen LogP contribution in [0.1, 0.15) is 16.8 Å². The molecule has 4 N–H and O–H groups in total. The third-order valence-corrected chi connectivity index (χ3v) is 3.14. The number of nitrogens with one attached hydrogen (secondary N) is 2. The molecule has 0 bridgehead atoms. The smallest absolute Gasteiger partial charge is 0.292 e. The van der Waals surface area contributed by atoms with Gasteiger partial charge in [0, 0.05) is 24.7 Å². The van der Waals surface area contributed by atoms with Gasteiger partial charge in [-0.15, -0.1) is 0 Å². The number of nitrogens with zero attached hydrogens (tertiary/aromatic N) is 1. The van der Waals surface area contributed by atoms with Gasteiger partial charge in [0.2, 0.25) is 5.91 Å². The van der Waals surface area contributed by atoms with Gasteiger partial charge in [-0.3, -0.25) is 14.9 Å². The van der Waals surface area contributed by atoms with Crippen LogP contribution in [0.3, 0.4) is 0 Å². The molecule has 1 aromatic rings. The van der Waals surface area contributed by atoms with Crippen LogP contribution in [0.15, 0.2) is 29.8 Å². The summed E-state index contributed by atoms with van der Waals surface area (Å²) in [5.74, 6) is -0.607. The summed E-state index contributed by atoms with van der Waals surface area (Å²) in [4.78, 5) is 21.6. The van der Waals surface area contributed by atoms with Crippen molar-refractivity contribution in [2.75, 3.05) is 25.0 Å². The lowest BCUT2D eigenvalue weighted by atomic mass is 10.1. The Labute approximate surface area is 116 Å². The standard InChI is InChI=1S/C13H16N4O3/c14-13(18)10-1-2-12(17(19)20)11(7-10)16-8-9-3-5-15-6-4-9/h1-3,7,15-16H,4-6,8H2,(H2,14,18). The van der Waals surface area contributed by atoms with E-state index < -0.39 is 10.8 Å². The van der Waals surface area contributed by atoms with E-state index in [4.69, 9.17) is 5.73 Å². The Hall–Kier alpha value is -2.41. The quantitative estimate of drug-likeness (QED) is 0.422. The zero-order valence-electron chi connectivity index (χ0n) is 10.9. The first kappa shape index (κ1) is 14.0. The molecule has 1 aromatic carbocycles. The minimum absolute atomic E-state index is 0.0652. The number of hydrogen-bond donors (Lipinski definition) is 3. The van der Waals surface area contributed by atoms with E-state index in [-0.39, 0.29) is 11.3 Å². The maximum Gasteiger partial charge on any atom is 0.292 e. The Morgan fingerprint density at radius 2 is 2.30 bits per heavy atom. The molecule has 0 unspecified atom stereocenters. The van der Waals surface area contributed by atoms with Crippen molar-refractivity contribution in [1.82, 2.24) is 5.32 Å². The zero-order valence-corrected chi connectivity index (χ0v) is 10.9. The Kier molecular flexibility index (Phi) is 4.31. The molecule has 0 aliphatic carbocycles. The van der Waals surface area contributed by atoms with Crippen molar-refractivity contribution in [1.29, 1.82) is 0 Å². The lowest BCUT2D eigenvalue weighted by Gasteiger charge is -2.15. The number of amides is 1. The lowest BCUT2D eigenvalue weighted by Crippen LogP contribution is -2.23. The molecule has 0 aromatic heterocycles. The van der Waals surface area contributed by atoms with Gasteiger partial charge in [-0.05, 0) is 25.1 Å². The van der Waals surface area contributed by atoms with E-state index in [9.17, 15) is 14.9 Å². The van der Waals surface area contributed by atoms with E-state index in [2.05, 4.69) is 16.7 Å². The van der Waals surface area contributed by atoms with Gasteiger partial charge < -0.3 is 16.4 Å². The Bertz CT molecular complexity index is 569. The number of rotatable bonds is 5. The van der Waals surface area contributed by atoms with Crippen LogP contribution in [0.25, 0.3) is 0 Å². The van der Waals surface area contributed by atoms with E-state index in [0.29, 0.717) is 12.2 Å². The summed E-state index contributed by atoms with van der Waals surface area (Å²) in [5.41, 5.74) is 6.87. The summed E-state index contributed by atoms with van der Waals surface area (Å²) in [5, 5.41) is 17.2. The van der Waals surface area contributed by atoms with Gasteiger partial charge in [0.15, 0.2) is 0 Å². The summed E-state index contributed by atoms with van der Waals surface area (Å²) in [6, 6.07) is 4.07. The molecule has 106 valence electrons. The van der Waals surface area contributed by atoms with E-state index in [1.165, 1.54) is 23.8 Å². The fraction of sp³-hybridized carbons (Fsp3) is 0.308. The lowest BCUT2D eigenvalue weighted by molar-refractivity contribution is -0.384. The molecule has 1 amide bonds. The van der Waals surface area contributed by atoms with Gasteiger partial charge in [-0.2, -0.15) is 0 Å². The second-order valence-corrected chi connectivity index (χ2v) is 4.52. The maximum atomic E-state index is 11.1. The molecule has 1 aliphatic heterocycles. The molecular formula is C13H16N4O3. The molecule has 1 heterocycles. The number of primary amides is 1. The summed E-state index contributed by atoms with van der Waals surface area (Å²) in [6.07, 6.45) is 2.95. The van der Waals surface area contributed by atoms with Gasteiger partial charge in [-0.1, -0.05) is 11.6 Å². The topological polar surface area (TPSA) is 110 Å². The van der Waals surface area contributed by atoms with Gasteiger partial charge in [0.1, 0.15) is 5.69 Å². The van der Waals surface area contributed by atoms with Crippen molar-refractivity contribution >= 4 is 17.3 Å². The molecule has 7 nitrogen and oxygen atoms in total. The van der Waals surface area contributed by atoms with Gasteiger partial charge in [-0.25, -0.2) is 0 Å². The highest BCUT2D eigenvalue weighted by Crippen LogP contribution is 2.25. The number of nitro groups is 1. The first-order valence-electron chi connectivity index (χ1n) is 6.28. The second-order valence-electron chi connectivity index (χ2n) is 4.52. The third-order valence-electron chi connectivity index (χ3n) is 3.14. The first-order chi connectivity index (χ1) is 9.58. The van der Waals surface area contributed by atoms with Crippen molar-refractivity contribution in [3.8, 4) is 0 Å². The van der Waals surface area contributed by atoms with Crippen LogP contribution in [-0.4, -0.2) is 30.5 Å². The molecule has 20 heavy (non-hydrogen) atoms. The van der Waals surface area contributed by atoms with Crippen LogP contribution < -0.4 is 16.4 Å². The number of anilines is 1. The summed E-state index contributed by atoms with van der Waals surface area (Å²) in [7, 11) is 0. The van der Waals surface area contributed by atoms with Crippen molar-refractivity contribution in [2.24, 2.45) is 5.73 Å². The van der Waals surface area contributed by atoms with Crippen molar-refractivity contribution < 1.29 is 9.72 Å². The maximum absolute atomic E-state index is 11.1. The SMILES string of the molecule is NC(=O)c1ccc([N+](=O)[O-])c(NCC2=CCNCC2)c1. The molecule has 7 heteroatoms. The summed E-state index contributed by atoms with van der Waals surface area (Å²) >= 11 is 0. The molecule has 0 saturated heterocycles. The fourth-order valence-corrected chi connectivity index (χ4v) is 2.03. The largest absolute Gasteiger partial charge is 0.376 e. The van der Waals surface area contributed by atoms with Gasteiger partial charge in [0.25, 0.3) is 5.69 Å². The molecule has 0 saturated carbocycles. The Balaban J connectivity index is 2.19. The molecule has 0 atom stereocenters. The predicted octanol–water partition coefficient (Wildman–Crippen LogP) is 1.03.